The highest BCUT2D eigenvalue weighted by Gasteiger charge is 2.26. The van der Waals surface area contributed by atoms with Gasteiger partial charge in [-0.3, -0.25) is 0 Å². The predicted molar refractivity (Wildman–Crippen MR) is 74.1 cm³/mol. The van der Waals surface area contributed by atoms with E-state index in [4.69, 9.17) is 0 Å². The normalized spacial score (nSPS) is 11.7. The van der Waals surface area contributed by atoms with E-state index in [0.717, 1.165) is 43.5 Å². The lowest BCUT2D eigenvalue weighted by Gasteiger charge is -2.38. The zero-order valence-corrected chi connectivity index (χ0v) is 11.4. The van der Waals surface area contributed by atoms with Gasteiger partial charge >= 0.3 is 0 Å². The van der Waals surface area contributed by atoms with Crippen LogP contribution in [-0.4, -0.2) is 47.5 Å². The molecule has 3 heteroatoms. The van der Waals surface area contributed by atoms with Gasteiger partial charge in [-0.1, -0.05) is 43.7 Å². The third kappa shape index (κ3) is 4.77. The minimum absolute atomic E-state index is 0.177. The van der Waals surface area contributed by atoms with Gasteiger partial charge in [0.15, 0.2) is 0 Å². The molecule has 3 nitrogen and oxygen atoms in total. The second-order valence-electron chi connectivity index (χ2n) is 4.96. The Morgan fingerprint density at radius 3 is 2.06 bits per heavy atom. The standard InChI is InChI=1S/C15H26NO2/c1-2-3-9-16(10-12-17,11-13-18)14-15-7-5-4-6-8-15/h4-8,17-18H,2-3,9-14H2,1H3/q+1. The molecule has 1 aromatic carbocycles. The SMILES string of the molecule is CCCC[N+](CCO)(CCO)Cc1ccccc1. The third-order valence-electron chi connectivity index (χ3n) is 3.50. The van der Waals surface area contributed by atoms with Crippen LogP contribution in [0.1, 0.15) is 25.3 Å². The van der Waals surface area contributed by atoms with E-state index in [-0.39, 0.29) is 13.2 Å². The molecule has 102 valence electrons. The summed E-state index contributed by atoms with van der Waals surface area (Å²) in [6.07, 6.45) is 2.28. The summed E-state index contributed by atoms with van der Waals surface area (Å²) >= 11 is 0. The van der Waals surface area contributed by atoms with Crippen LogP contribution in [0.5, 0.6) is 0 Å². The van der Waals surface area contributed by atoms with Crippen LogP contribution in [-0.2, 0) is 6.54 Å². The number of hydrogen-bond donors (Lipinski definition) is 2. The van der Waals surface area contributed by atoms with Crippen molar-refractivity contribution in [3.63, 3.8) is 0 Å². The maximum atomic E-state index is 9.31. The summed E-state index contributed by atoms with van der Waals surface area (Å²) in [4.78, 5) is 0. The highest BCUT2D eigenvalue weighted by Crippen LogP contribution is 2.16. The molecule has 0 radical (unpaired) electrons. The molecule has 18 heavy (non-hydrogen) atoms. The van der Waals surface area contributed by atoms with E-state index in [2.05, 4.69) is 19.1 Å². The van der Waals surface area contributed by atoms with Crippen molar-refractivity contribution in [3.05, 3.63) is 35.9 Å². The zero-order chi connectivity index (χ0) is 13.3. The number of aliphatic hydroxyl groups excluding tert-OH is 2. The van der Waals surface area contributed by atoms with E-state index < -0.39 is 0 Å². The second-order valence-corrected chi connectivity index (χ2v) is 4.96. The molecule has 0 saturated heterocycles. The largest absolute Gasteiger partial charge is 0.391 e. The topological polar surface area (TPSA) is 40.5 Å². The molecule has 0 saturated carbocycles. The van der Waals surface area contributed by atoms with E-state index >= 15 is 0 Å². The molecule has 1 aromatic rings. The van der Waals surface area contributed by atoms with Crippen molar-refractivity contribution < 1.29 is 14.7 Å². The lowest BCUT2D eigenvalue weighted by atomic mass is 10.1. The molecule has 0 amide bonds. The van der Waals surface area contributed by atoms with Crippen molar-refractivity contribution in [3.8, 4) is 0 Å². The highest BCUT2D eigenvalue weighted by molar-refractivity contribution is 5.13. The second kappa shape index (κ2) is 8.25. The maximum Gasteiger partial charge on any atom is 0.104 e. The van der Waals surface area contributed by atoms with Crippen LogP contribution in [0.15, 0.2) is 30.3 Å². The van der Waals surface area contributed by atoms with Crippen LogP contribution in [0.3, 0.4) is 0 Å². The summed E-state index contributed by atoms with van der Waals surface area (Å²) in [6.45, 7) is 5.88. The minimum atomic E-state index is 0.177. The summed E-state index contributed by atoms with van der Waals surface area (Å²) < 4.78 is 0.783. The fourth-order valence-corrected chi connectivity index (χ4v) is 2.46. The lowest BCUT2D eigenvalue weighted by Crippen LogP contribution is -2.51. The molecule has 0 bridgehead atoms. The molecule has 2 N–H and O–H groups in total. The maximum absolute atomic E-state index is 9.31. The van der Waals surface area contributed by atoms with Gasteiger partial charge in [0, 0.05) is 5.56 Å². The molecule has 1 rings (SSSR count). The Morgan fingerprint density at radius 2 is 1.56 bits per heavy atom. The van der Waals surface area contributed by atoms with Gasteiger partial charge in [0.1, 0.15) is 19.6 Å². The summed E-state index contributed by atoms with van der Waals surface area (Å²) in [5.74, 6) is 0. The van der Waals surface area contributed by atoms with Gasteiger partial charge in [0.25, 0.3) is 0 Å². The van der Waals surface area contributed by atoms with Gasteiger partial charge in [0.05, 0.1) is 19.8 Å². The number of aliphatic hydroxyl groups is 2. The van der Waals surface area contributed by atoms with E-state index in [0.29, 0.717) is 0 Å². The first-order chi connectivity index (χ1) is 8.76. The first kappa shape index (κ1) is 15.2. The first-order valence-corrected chi connectivity index (χ1v) is 6.87. The van der Waals surface area contributed by atoms with E-state index in [1.54, 1.807) is 0 Å². The van der Waals surface area contributed by atoms with Crippen LogP contribution in [0, 0.1) is 0 Å². The van der Waals surface area contributed by atoms with Gasteiger partial charge < -0.3 is 14.7 Å². The minimum Gasteiger partial charge on any atom is -0.391 e. The Labute approximate surface area is 110 Å². The molecule has 0 aliphatic carbocycles. The number of hydrogen-bond acceptors (Lipinski definition) is 2. The lowest BCUT2D eigenvalue weighted by molar-refractivity contribution is -0.941. The summed E-state index contributed by atoms with van der Waals surface area (Å²) in [6, 6.07) is 10.3. The number of rotatable bonds is 9. The van der Waals surface area contributed by atoms with E-state index in [9.17, 15) is 10.2 Å². The van der Waals surface area contributed by atoms with E-state index in [1.807, 2.05) is 18.2 Å². The van der Waals surface area contributed by atoms with Crippen molar-refractivity contribution in [2.24, 2.45) is 0 Å². The van der Waals surface area contributed by atoms with Crippen LogP contribution >= 0.6 is 0 Å². The molecule has 0 unspecified atom stereocenters. The Bertz CT molecular complexity index is 308. The average Bonchev–Trinajstić information content (AvgIpc) is 2.38. The number of unbranched alkanes of at least 4 members (excludes halogenated alkanes) is 1. The van der Waals surface area contributed by atoms with E-state index in [1.165, 1.54) is 5.56 Å². The van der Waals surface area contributed by atoms with Crippen LogP contribution in [0.4, 0.5) is 0 Å². The number of nitrogens with zero attached hydrogens (tertiary/aromatic N) is 1. The van der Waals surface area contributed by atoms with Gasteiger partial charge in [-0.15, -0.1) is 0 Å². The van der Waals surface area contributed by atoms with Crippen molar-refractivity contribution in [2.45, 2.75) is 26.3 Å². The van der Waals surface area contributed by atoms with Gasteiger partial charge in [-0.05, 0) is 6.42 Å². The molecule has 0 heterocycles. The Balaban J connectivity index is 2.79. The Hall–Kier alpha value is -0.900. The molecular formula is C15H26NO2+. The molecule has 0 aromatic heterocycles. The Kier molecular flexibility index (Phi) is 6.94. The van der Waals surface area contributed by atoms with Crippen molar-refractivity contribution >= 4 is 0 Å². The fraction of sp³-hybridized carbons (Fsp3) is 0.600. The molecule has 0 aliphatic rings. The molecular weight excluding hydrogens is 226 g/mol. The van der Waals surface area contributed by atoms with Gasteiger partial charge in [-0.25, -0.2) is 0 Å². The molecule has 0 atom stereocenters. The summed E-state index contributed by atoms with van der Waals surface area (Å²) in [5, 5.41) is 18.6. The molecule has 0 aliphatic heterocycles. The zero-order valence-electron chi connectivity index (χ0n) is 11.4. The average molecular weight is 252 g/mol. The predicted octanol–water partition coefficient (Wildman–Crippen LogP) is 1.79. The number of benzene rings is 1. The fourth-order valence-electron chi connectivity index (χ4n) is 2.46. The van der Waals surface area contributed by atoms with Gasteiger partial charge in [0.2, 0.25) is 0 Å². The smallest absolute Gasteiger partial charge is 0.104 e. The molecule has 0 spiro atoms. The van der Waals surface area contributed by atoms with Gasteiger partial charge in [-0.2, -0.15) is 0 Å². The monoisotopic (exact) mass is 252 g/mol. The van der Waals surface area contributed by atoms with Crippen LogP contribution < -0.4 is 0 Å². The van der Waals surface area contributed by atoms with Crippen LogP contribution in [0.25, 0.3) is 0 Å². The van der Waals surface area contributed by atoms with Crippen molar-refractivity contribution in [1.29, 1.82) is 0 Å². The van der Waals surface area contributed by atoms with Crippen molar-refractivity contribution in [2.75, 3.05) is 32.8 Å². The van der Waals surface area contributed by atoms with Crippen molar-refractivity contribution in [1.82, 2.24) is 0 Å². The summed E-state index contributed by atoms with van der Waals surface area (Å²) in [5.41, 5.74) is 1.27. The quantitative estimate of drug-likeness (QED) is 0.658. The number of quaternary nitrogens is 1. The third-order valence-corrected chi connectivity index (χ3v) is 3.50. The summed E-state index contributed by atoms with van der Waals surface area (Å²) in [7, 11) is 0. The van der Waals surface area contributed by atoms with Crippen LogP contribution in [0.2, 0.25) is 0 Å². The first-order valence-electron chi connectivity index (χ1n) is 6.87. The Morgan fingerprint density at radius 1 is 0.944 bits per heavy atom. The highest BCUT2D eigenvalue weighted by atomic mass is 16.3. The molecule has 0 fully saturated rings.